The molecule has 0 spiro atoms. The van der Waals surface area contributed by atoms with Crippen molar-refractivity contribution in [1.29, 1.82) is 0 Å². The van der Waals surface area contributed by atoms with Crippen LogP contribution in [0.2, 0.25) is 0 Å². The summed E-state index contributed by atoms with van der Waals surface area (Å²) in [6.45, 7) is 3.16. The molecule has 3 aromatic rings. The van der Waals surface area contributed by atoms with E-state index in [-0.39, 0.29) is 12.0 Å². The van der Waals surface area contributed by atoms with Gasteiger partial charge in [-0.15, -0.1) is 11.3 Å². The molecule has 2 aromatic heterocycles. The molecule has 1 atom stereocenters. The molecule has 7 heteroatoms. The summed E-state index contributed by atoms with van der Waals surface area (Å²) in [7, 11) is 0. The molecule has 25 heavy (non-hydrogen) atoms. The molecule has 1 aliphatic rings. The summed E-state index contributed by atoms with van der Waals surface area (Å²) in [5.74, 6) is 1.29. The number of fused-ring (bicyclic) bond motifs is 1. The van der Waals surface area contributed by atoms with Gasteiger partial charge in [0.15, 0.2) is 0 Å². The lowest BCUT2D eigenvalue weighted by Crippen LogP contribution is -2.44. The van der Waals surface area contributed by atoms with Crippen molar-refractivity contribution in [3.63, 3.8) is 0 Å². The minimum Gasteiger partial charge on any atom is -0.472 e. The van der Waals surface area contributed by atoms with Crippen LogP contribution in [0.4, 0.5) is 0 Å². The average Bonchev–Trinajstić information content (AvgIpc) is 3.09. The van der Waals surface area contributed by atoms with E-state index in [1.165, 1.54) is 0 Å². The summed E-state index contributed by atoms with van der Waals surface area (Å²) >= 11 is 1.55. The van der Waals surface area contributed by atoms with Crippen molar-refractivity contribution in [3.05, 3.63) is 47.4 Å². The molecule has 0 radical (unpaired) electrons. The van der Waals surface area contributed by atoms with E-state index in [9.17, 15) is 4.79 Å². The van der Waals surface area contributed by atoms with Crippen molar-refractivity contribution in [2.75, 3.05) is 13.1 Å². The quantitative estimate of drug-likeness (QED) is 0.723. The largest absolute Gasteiger partial charge is 0.472 e. The Morgan fingerprint density at radius 1 is 1.32 bits per heavy atom. The zero-order chi connectivity index (χ0) is 17.2. The highest BCUT2D eigenvalue weighted by molar-refractivity contribution is 7.16. The molecule has 1 aromatic carbocycles. The molecule has 0 saturated carbocycles. The van der Waals surface area contributed by atoms with Crippen LogP contribution in [0.5, 0.6) is 5.88 Å². The molecule has 1 aliphatic heterocycles. The lowest BCUT2D eigenvalue weighted by Gasteiger charge is -2.32. The first-order valence-corrected chi connectivity index (χ1v) is 9.16. The standard InChI is InChI=1S/C18H18N4O2S/c1-12-19-7-6-17(21-12)24-14-3-2-8-22(10-14)18(23)13-4-5-15-16(9-13)25-11-20-15/h4-7,9,11,14H,2-3,8,10H2,1H3/t14-/m0/s1. The van der Waals surface area contributed by atoms with Gasteiger partial charge in [-0.25, -0.2) is 9.97 Å². The second-order valence-electron chi connectivity index (χ2n) is 6.11. The first kappa shape index (κ1) is 16.0. The number of hydrogen-bond donors (Lipinski definition) is 0. The molecule has 128 valence electrons. The van der Waals surface area contributed by atoms with Gasteiger partial charge in [0, 0.05) is 24.4 Å². The average molecular weight is 354 g/mol. The van der Waals surface area contributed by atoms with Gasteiger partial charge >= 0.3 is 0 Å². The predicted octanol–water partition coefficient (Wildman–Crippen LogP) is 3.08. The zero-order valence-corrected chi connectivity index (χ0v) is 14.7. The van der Waals surface area contributed by atoms with Crippen LogP contribution < -0.4 is 4.74 Å². The highest BCUT2D eigenvalue weighted by Gasteiger charge is 2.26. The maximum atomic E-state index is 12.8. The van der Waals surface area contributed by atoms with Crippen molar-refractivity contribution < 1.29 is 9.53 Å². The van der Waals surface area contributed by atoms with E-state index in [0.29, 0.717) is 23.8 Å². The lowest BCUT2D eigenvalue weighted by molar-refractivity contribution is 0.0527. The SMILES string of the molecule is Cc1nccc(O[C@H]2CCCN(C(=O)c3ccc4ncsc4c3)C2)n1. The van der Waals surface area contributed by atoms with E-state index in [2.05, 4.69) is 15.0 Å². The Morgan fingerprint density at radius 2 is 2.24 bits per heavy atom. The van der Waals surface area contributed by atoms with Crippen molar-refractivity contribution in [3.8, 4) is 5.88 Å². The Balaban J connectivity index is 1.47. The second kappa shape index (κ2) is 6.76. The summed E-state index contributed by atoms with van der Waals surface area (Å²) in [5.41, 5.74) is 3.43. The van der Waals surface area contributed by atoms with Gasteiger partial charge < -0.3 is 9.64 Å². The lowest BCUT2D eigenvalue weighted by atomic mass is 10.1. The third-order valence-electron chi connectivity index (χ3n) is 4.28. The number of aromatic nitrogens is 3. The van der Waals surface area contributed by atoms with Gasteiger partial charge in [0.05, 0.1) is 22.3 Å². The van der Waals surface area contributed by atoms with Crippen LogP contribution in [0.15, 0.2) is 36.0 Å². The number of aryl methyl sites for hydroxylation is 1. The van der Waals surface area contributed by atoms with Crippen LogP contribution in [-0.4, -0.2) is 45.0 Å². The van der Waals surface area contributed by atoms with Gasteiger partial charge in [-0.3, -0.25) is 4.79 Å². The number of likely N-dealkylation sites (tertiary alicyclic amines) is 1. The minimum atomic E-state index is -0.0425. The molecule has 6 nitrogen and oxygen atoms in total. The Kier molecular flexibility index (Phi) is 4.31. The molecule has 0 unspecified atom stereocenters. The second-order valence-corrected chi connectivity index (χ2v) is 7.00. The molecule has 0 N–H and O–H groups in total. The van der Waals surface area contributed by atoms with Crippen LogP contribution in [0.1, 0.15) is 29.0 Å². The summed E-state index contributed by atoms with van der Waals surface area (Å²) in [6, 6.07) is 7.43. The number of carbonyl (C=O) groups excluding carboxylic acids is 1. The van der Waals surface area contributed by atoms with Gasteiger partial charge in [-0.05, 0) is 38.0 Å². The van der Waals surface area contributed by atoms with Gasteiger partial charge in [0.1, 0.15) is 11.9 Å². The van der Waals surface area contributed by atoms with E-state index < -0.39 is 0 Å². The molecule has 1 fully saturated rings. The predicted molar refractivity (Wildman–Crippen MR) is 95.9 cm³/mol. The molecule has 1 amide bonds. The van der Waals surface area contributed by atoms with Crippen LogP contribution in [-0.2, 0) is 0 Å². The number of piperidine rings is 1. The molecule has 4 rings (SSSR count). The van der Waals surface area contributed by atoms with Crippen LogP contribution in [0.3, 0.4) is 0 Å². The highest BCUT2D eigenvalue weighted by atomic mass is 32.1. The summed E-state index contributed by atoms with van der Waals surface area (Å²) < 4.78 is 6.99. The summed E-state index contributed by atoms with van der Waals surface area (Å²) in [6.07, 6.45) is 3.48. The van der Waals surface area contributed by atoms with E-state index in [0.717, 1.165) is 29.6 Å². The maximum absolute atomic E-state index is 12.8. The van der Waals surface area contributed by atoms with Gasteiger partial charge in [-0.1, -0.05) is 0 Å². The highest BCUT2D eigenvalue weighted by Crippen LogP contribution is 2.22. The first-order valence-electron chi connectivity index (χ1n) is 8.28. The monoisotopic (exact) mass is 354 g/mol. The van der Waals surface area contributed by atoms with Gasteiger partial charge in [-0.2, -0.15) is 4.98 Å². The Hall–Kier alpha value is -2.54. The van der Waals surface area contributed by atoms with E-state index in [1.807, 2.05) is 30.0 Å². The maximum Gasteiger partial charge on any atom is 0.254 e. The fraction of sp³-hybridized carbons (Fsp3) is 0.333. The molecule has 1 saturated heterocycles. The smallest absolute Gasteiger partial charge is 0.254 e. The summed E-state index contributed by atoms with van der Waals surface area (Å²) in [5, 5.41) is 0. The van der Waals surface area contributed by atoms with Crippen LogP contribution in [0, 0.1) is 6.92 Å². The normalized spacial score (nSPS) is 17.6. The third-order valence-corrected chi connectivity index (χ3v) is 5.07. The fourth-order valence-corrected chi connectivity index (χ4v) is 3.78. The third kappa shape index (κ3) is 3.46. The number of carbonyl (C=O) groups is 1. The van der Waals surface area contributed by atoms with Crippen molar-refractivity contribution >= 4 is 27.5 Å². The number of thiazole rings is 1. The molecular formula is C18H18N4O2S. The number of hydrogen-bond acceptors (Lipinski definition) is 6. The van der Waals surface area contributed by atoms with E-state index in [1.54, 1.807) is 29.1 Å². The molecule has 3 heterocycles. The van der Waals surface area contributed by atoms with Gasteiger partial charge in [0.2, 0.25) is 5.88 Å². The Bertz CT molecular complexity index is 911. The van der Waals surface area contributed by atoms with Crippen LogP contribution in [0.25, 0.3) is 10.2 Å². The first-order chi connectivity index (χ1) is 12.2. The number of nitrogens with zero attached hydrogens (tertiary/aromatic N) is 4. The van der Waals surface area contributed by atoms with E-state index >= 15 is 0 Å². The molecule has 0 aliphatic carbocycles. The topological polar surface area (TPSA) is 68.2 Å². The fourth-order valence-electron chi connectivity index (χ4n) is 3.06. The van der Waals surface area contributed by atoms with Crippen molar-refractivity contribution in [2.24, 2.45) is 0 Å². The number of benzene rings is 1. The minimum absolute atomic E-state index is 0.0425. The van der Waals surface area contributed by atoms with Crippen LogP contribution >= 0.6 is 11.3 Å². The summed E-state index contributed by atoms with van der Waals surface area (Å²) in [4.78, 5) is 27.3. The van der Waals surface area contributed by atoms with E-state index in [4.69, 9.17) is 4.74 Å². The molecule has 0 bridgehead atoms. The zero-order valence-electron chi connectivity index (χ0n) is 13.9. The number of amides is 1. The van der Waals surface area contributed by atoms with Gasteiger partial charge in [0.25, 0.3) is 5.91 Å². The number of ether oxygens (including phenoxy) is 1. The molecular weight excluding hydrogens is 336 g/mol. The van der Waals surface area contributed by atoms with Crippen molar-refractivity contribution in [2.45, 2.75) is 25.9 Å². The van der Waals surface area contributed by atoms with Crippen molar-refractivity contribution in [1.82, 2.24) is 19.9 Å². The number of rotatable bonds is 3. The Labute approximate surface area is 149 Å². The Morgan fingerprint density at radius 3 is 3.12 bits per heavy atom.